The van der Waals surface area contributed by atoms with Crippen LogP contribution in [0.15, 0.2) is 4.42 Å². The van der Waals surface area contributed by atoms with E-state index in [0.29, 0.717) is 12.0 Å². The van der Waals surface area contributed by atoms with E-state index in [1.165, 1.54) is 12.8 Å². The maximum Gasteiger partial charge on any atom is 0.208 e. The Morgan fingerprint density at radius 3 is 2.82 bits per heavy atom. The molecule has 2 heterocycles. The van der Waals surface area contributed by atoms with Gasteiger partial charge in [0, 0.05) is 12.6 Å². The number of likely N-dealkylation sites (tertiary alicyclic amines) is 1. The molecule has 0 spiro atoms. The van der Waals surface area contributed by atoms with Crippen molar-refractivity contribution in [2.75, 3.05) is 13.1 Å². The van der Waals surface area contributed by atoms with Crippen molar-refractivity contribution in [3.8, 4) is 0 Å². The summed E-state index contributed by atoms with van der Waals surface area (Å²) in [5, 5.41) is 0. The molecular formula is C13H23N3O. The predicted molar refractivity (Wildman–Crippen MR) is 67.6 cm³/mol. The summed E-state index contributed by atoms with van der Waals surface area (Å²) < 4.78 is 5.65. The molecule has 1 saturated heterocycles. The SMILES string of the molecule is Cc1nc(CN2CCCC(C)C2CN)oc1C. The van der Waals surface area contributed by atoms with Gasteiger partial charge in [-0.1, -0.05) is 6.92 Å². The molecule has 1 aliphatic rings. The first-order chi connectivity index (χ1) is 8.11. The fourth-order valence-electron chi connectivity index (χ4n) is 2.69. The van der Waals surface area contributed by atoms with E-state index < -0.39 is 0 Å². The highest BCUT2D eigenvalue weighted by molar-refractivity contribution is 5.05. The van der Waals surface area contributed by atoms with Crippen LogP contribution in [-0.2, 0) is 6.54 Å². The van der Waals surface area contributed by atoms with Crippen molar-refractivity contribution in [2.24, 2.45) is 11.7 Å². The van der Waals surface area contributed by atoms with Crippen LogP contribution in [0.5, 0.6) is 0 Å². The molecular weight excluding hydrogens is 214 g/mol. The third-order valence-corrected chi connectivity index (χ3v) is 3.88. The van der Waals surface area contributed by atoms with Crippen molar-refractivity contribution in [1.82, 2.24) is 9.88 Å². The molecule has 2 unspecified atom stereocenters. The number of aryl methyl sites for hydroxylation is 2. The highest BCUT2D eigenvalue weighted by Crippen LogP contribution is 2.24. The minimum Gasteiger partial charge on any atom is -0.444 e. The molecule has 4 heteroatoms. The Balaban J connectivity index is 2.06. The lowest BCUT2D eigenvalue weighted by atomic mass is 9.91. The zero-order valence-corrected chi connectivity index (χ0v) is 11.1. The van der Waals surface area contributed by atoms with Crippen LogP contribution in [0, 0.1) is 19.8 Å². The van der Waals surface area contributed by atoms with Gasteiger partial charge in [0.05, 0.1) is 12.2 Å². The van der Waals surface area contributed by atoms with Gasteiger partial charge in [0.15, 0.2) is 0 Å². The normalized spacial score (nSPS) is 26.4. The van der Waals surface area contributed by atoms with E-state index in [4.69, 9.17) is 10.2 Å². The van der Waals surface area contributed by atoms with Crippen LogP contribution in [0.25, 0.3) is 0 Å². The number of rotatable bonds is 3. The third-order valence-electron chi connectivity index (χ3n) is 3.88. The maximum atomic E-state index is 5.88. The van der Waals surface area contributed by atoms with Crippen molar-refractivity contribution in [2.45, 2.75) is 46.2 Å². The van der Waals surface area contributed by atoms with Gasteiger partial charge in [-0.25, -0.2) is 4.98 Å². The van der Waals surface area contributed by atoms with Crippen LogP contribution in [0.4, 0.5) is 0 Å². The van der Waals surface area contributed by atoms with E-state index in [0.717, 1.165) is 37.0 Å². The summed E-state index contributed by atoms with van der Waals surface area (Å²) in [6.07, 6.45) is 2.53. The Morgan fingerprint density at radius 2 is 2.24 bits per heavy atom. The molecule has 2 rings (SSSR count). The van der Waals surface area contributed by atoms with Gasteiger partial charge >= 0.3 is 0 Å². The quantitative estimate of drug-likeness (QED) is 0.871. The van der Waals surface area contributed by atoms with E-state index in [1.807, 2.05) is 13.8 Å². The molecule has 2 atom stereocenters. The standard InChI is InChI=1S/C13H23N3O/c1-9-5-4-6-16(12(9)7-14)8-13-15-10(2)11(3)17-13/h9,12H,4-8,14H2,1-3H3. The minimum absolute atomic E-state index is 0.469. The van der Waals surface area contributed by atoms with Crippen LogP contribution in [0.1, 0.15) is 37.1 Å². The van der Waals surface area contributed by atoms with E-state index in [1.54, 1.807) is 0 Å². The van der Waals surface area contributed by atoms with Crippen molar-refractivity contribution in [3.63, 3.8) is 0 Å². The molecule has 1 aromatic heterocycles. The molecule has 0 amide bonds. The summed E-state index contributed by atoms with van der Waals surface area (Å²) in [6.45, 7) is 8.86. The molecule has 1 aliphatic heterocycles. The first-order valence-corrected chi connectivity index (χ1v) is 6.49. The van der Waals surface area contributed by atoms with Crippen LogP contribution >= 0.6 is 0 Å². The number of hydrogen-bond acceptors (Lipinski definition) is 4. The number of nitrogens with two attached hydrogens (primary N) is 1. The first kappa shape index (κ1) is 12.6. The summed E-state index contributed by atoms with van der Waals surface area (Å²) in [4.78, 5) is 6.86. The number of aromatic nitrogens is 1. The number of piperidine rings is 1. The molecule has 0 aliphatic carbocycles. The summed E-state index contributed by atoms with van der Waals surface area (Å²) in [7, 11) is 0. The second-order valence-electron chi connectivity index (χ2n) is 5.14. The zero-order valence-electron chi connectivity index (χ0n) is 11.1. The Bertz CT molecular complexity index is 355. The average Bonchev–Trinajstić information content (AvgIpc) is 2.58. The number of oxazole rings is 1. The lowest BCUT2D eigenvalue weighted by molar-refractivity contribution is 0.0896. The van der Waals surface area contributed by atoms with E-state index in [-0.39, 0.29) is 0 Å². The van der Waals surface area contributed by atoms with Gasteiger partial charge in [-0.3, -0.25) is 4.90 Å². The molecule has 96 valence electrons. The van der Waals surface area contributed by atoms with Crippen LogP contribution in [0.3, 0.4) is 0 Å². The summed E-state index contributed by atoms with van der Waals surface area (Å²) in [5.74, 6) is 2.42. The molecule has 2 N–H and O–H groups in total. The van der Waals surface area contributed by atoms with Crippen LogP contribution in [-0.4, -0.2) is 29.0 Å². The lowest BCUT2D eigenvalue weighted by Crippen LogP contribution is -2.48. The zero-order chi connectivity index (χ0) is 12.4. The smallest absolute Gasteiger partial charge is 0.208 e. The fraction of sp³-hybridized carbons (Fsp3) is 0.769. The van der Waals surface area contributed by atoms with Gasteiger partial charge in [0.25, 0.3) is 0 Å². The Hall–Kier alpha value is -0.870. The van der Waals surface area contributed by atoms with Gasteiger partial charge in [-0.2, -0.15) is 0 Å². The highest BCUT2D eigenvalue weighted by atomic mass is 16.4. The summed E-state index contributed by atoms with van der Waals surface area (Å²) >= 11 is 0. The van der Waals surface area contributed by atoms with Gasteiger partial charge in [0.2, 0.25) is 5.89 Å². The summed E-state index contributed by atoms with van der Waals surface area (Å²) in [5.41, 5.74) is 6.87. The van der Waals surface area contributed by atoms with E-state index >= 15 is 0 Å². The molecule has 0 bridgehead atoms. The van der Waals surface area contributed by atoms with Crippen molar-refractivity contribution >= 4 is 0 Å². The Kier molecular flexibility index (Phi) is 3.84. The molecule has 0 aromatic carbocycles. The first-order valence-electron chi connectivity index (χ1n) is 6.49. The van der Waals surface area contributed by atoms with Gasteiger partial charge in [-0.05, 0) is 39.2 Å². The fourth-order valence-corrected chi connectivity index (χ4v) is 2.69. The molecule has 4 nitrogen and oxygen atoms in total. The second kappa shape index (κ2) is 5.19. The largest absolute Gasteiger partial charge is 0.444 e. The van der Waals surface area contributed by atoms with Crippen molar-refractivity contribution in [3.05, 3.63) is 17.3 Å². The van der Waals surface area contributed by atoms with Gasteiger partial charge in [0.1, 0.15) is 5.76 Å². The molecule has 1 fully saturated rings. The van der Waals surface area contributed by atoms with Crippen LogP contribution < -0.4 is 5.73 Å². The van der Waals surface area contributed by atoms with Crippen LogP contribution in [0.2, 0.25) is 0 Å². The monoisotopic (exact) mass is 237 g/mol. The molecule has 0 radical (unpaired) electrons. The van der Waals surface area contributed by atoms with Gasteiger partial charge in [-0.15, -0.1) is 0 Å². The Labute approximate surface area is 103 Å². The molecule has 1 aromatic rings. The third kappa shape index (κ3) is 2.69. The predicted octanol–water partition coefficient (Wildman–Crippen LogP) is 1.85. The second-order valence-corrected chi connectivity index (χ2v) is 5.14. The van der Waals surface area contributed by atoms with E-state index in [9.17, 15) is 0 Å². The maximum absolute atomic E-state index is 5.88. The number of nitrogens with zero attached hydrogens (tertiary/aromatic N) is 2. The minimum atomic E-state index is 0.469. The van der Waals surface area contributed by atoms with Crippen molar-refractivity contribution < 1.29 is 4.42 Å². The molecule has 17 heavy (non-hydrogen) atoms. The van der Waals surface area contributed by atoms with E-state index in [2.05, 4.69) is 16.8 Å². The Morgan fingerprint density at radius 1 is 1.47 bits per heavy atom. The highest BCUT2D eigenvalue weighted by Gasteiger charge is 2.28. The number of hydrogen-bond donors (Lipinski definition) is 1. The lowest BCUT2D eigenvalue weighted by Gasteiger charge is -2.38. The summed E-state index contributed by atoms with van der Waals surface area (Å²) in [6, 6.07) is 0.469. The van der Waals surface area contributed by atoms with Gasteiger partial charge < -0.3 is 10.2 Å². The molecule has 0 saturated carbocycles. The topological polar surface area (TPSA) is 55.3 Å². The average molecular weight is 237 g/mol. The van der Waals surface area contributed by atoms with Crippen molar-refractivity contribution in [1.29, 1.82) is 0 Å².